The lowest BCUT2D eigenvalue weighted by Crippen LogP contribution is -2.47. The number of nitrogens with one attached hydrogen (secondary N) is 1. The van der Waals surface area contributed by atoms with Crippen LogP contribution in [0.2, 0.25) is 0 Å². The van der Waals surface area contributed by atoms with Crippen LogP contribution in [-0.2, 0) is 21.3 Å². The molecule has 1 aliphatic rings. The summed E-state index contributed by atoms with van der Waals surface area (Å²) in [5, 5.41) is 2.91. The fraction of sp³-hybridized carbons (Fsp3) is 0.611. The fourth-order valence-electron chi connectivity index (χ4n) is 2.91. The van der Waals surface area contributed by atoms with E-state index in [4.69, 9.17) is 4.74 Å². The molecule has 1 heterocycles. The van der Waals surface area contributed by atoms with Crippen molar-refractivity contribution < 1.29 is 17.9 Å². The largest absolute Gasteiger partial charge is 0.382 e. The first kappa shape index (κ1) is 20.8. The monoisotopic (exact) mass is 383 g/mol. The molecule has 1 fully saturated rings. The zero-order chi connectivity index (χ0) is 19.0. The summed E-state index contributed by atoms with van der Waals surface area (Å²) in [5.74, 6) is -0.0785. The predicted molar refractivity (Wildman–Crippen MR) is 102 cm³/mol. The smallest absolute Gasteiger partial charge is 0.251 e. The molecule has 26 heavy (non-hydrogen) atoms. The molecular weight excluding hydrogens is 354 g/mol. The summed E-state index contributed by atoms with van der Waals surface area (Å²) in [5.41, 5.74) is 1.70. The van der Waals surface area contributed by atoms with Gasteiger partial charge in [0.15, 0.2) is 0 Å². The summed E-state index contributed by atoms with van der Waals surface area (Å²) in [7, 11) is -3.11. The number of amides is 1. The molecule has 0 spiro atoms. The van der Waals surface area contributed by atoms with Crippen LogP contribution in [-0.4, -0.2) is 75.7 Å². The molecule has 0 aliphatic carbocycles. The molecule has 0 aromatic heterocycles. The van der Waals surface area contributed by atoms with Crippen molar-refractivity contribution in [2.45, 2.75) is 19.9 Å². The van der Waals surface area contributed by atoms with E-state index in [-0.39, 0.29) is 5.91 Å². The third-order valence-corrected chi connectivity index (χ3v) is 5.65. The maximum atomic E-state index is 12.2. The van der Waals surface area contributed by atoms with Crippen LogP contribution in [0.5, 0.6) is 0 Å². The summed E-state index contributed by atoms with van der Waals surface area (Å²) in [6.45, 7) is 7.01. The Hall–Kier alpha value is -1.48. The van der Waals surface area contributed by atoms with Crippen LogP contribution in [0.3, 0.4) is 0 Å². The van der Waals surface area contributed by atoms with Gasteiger partial charge in [-0.1, -0.05) is 12.1 Å². The summed E-state index contributed by atoms with van der Waals surface area (Å²) in [4.78, 5) is 14.4. The van der Waals surface area contributed by atoms with E-state index in [0.717, 1.165) is 12.0 Å². The highest BCUT2D eigenvalue weighted by Crippen LogP contribution is 2.12. The van der Waals surface area contributed by atoms with Gasteiger partial charge in [-0.3, -0.25) is 9.69 Å². The molecule has 1 aromatic carbocycles. The van der Waals surface area contributed by atoms with Gasteiger partial charge in [0.05, 0.1) is 6.26 Å². The first-order valence-electron chi connectivity index (χ1n) is 9.02. The Labute approximate surface area is 156 Å². The van der Waals surface area contributed by atoms with Crippen molar-refractivity contribution in [1.82, 2.24) is 14.5 Å². The van der Waals surface area contributed by atoms with E-state index >= 15 is 0 Å². The van der Waals surface area contributed by atoms with E-state index in [9.17, 15) is 13.2 Å². The number of benzene rings is 1. The maximum absolute atomic E-state index is 12.2. The minimum atomic E-state index is -3.11. The summed E-state index contributed by atoms with van der Waals surface area (Å²) < 4.78 is 29.9. The first-order valence-corrected chi connectivity index (χ1v) is 10.9. The predicted octanol–water partition coefficient (Wildman–Crippen LogP) is 0.920. The Morgan fingerprint density at radius 3 is 2.62 bits per heavy atom. The SMILES string of the molecule is CCOCCCNC(=O)c1cccc(CN2CCN(S(C)(=O)=O)CC2)c1. The van der Waals surface area contributed by atoms with E-state index < -0.39 is 10.0 Å². The Kier molecular flexibility index (Phi) is 8.02. The molecule has 0 atom stereocenters. The topological polar surface area (TPSA) is 79.0 Å². The number of hydrogen-bond acceptors (Lipinski definition) is 5. The molecule has 7 nitrogen and oxygen atoms in total. The number of carbonyl (C=O) groups is 1. The normalized spacial score (nSPS) is 16.5. The van der Waals surface area contributed by atoms with Gasteiger partial charge in [0.25, 0.3) is 5.91 Å². The van der Waals surface area contributed by atoms with Crippen molar-refractivity contribution in [3.8, 4) is 0 Å². The third kappa shape index (κ3) is 6.68. The van der Waals surface area contributed by atoms with Gasteiger partial charge in [-0.25, -0.2) is 8.42 Å². The van der Waals surface area contributed by atoms with Gasteiger partial charge in [-0.05, 0) is 31.0 Å². The molecule has 1 N–H and O–H groups in total. The van der Waals surface area contributed by atoms with Crippen molar-refractivity contribution in [3.63, 3.8) is 0 Å². The molecule has 1 amide bonds. The van der Waals surface area contributed by atoms with Crippen LogP contribution < -0.4 is 5.32 Å². The fourth-order valence-corrected chi connectivity index (χ4v) is 3.74. The zero-order valence-electron chi connectivity index (χ0n) is 15.6. The number of rotatable bonds is 9. The molecule has 1 saturated heterocycles. The van der Waals surface area contributed by atoms with Crippen LogP contribution in [0, 0.1) is 0 Å². The maximum Gasteiger partial charge on any atom is 0.251 e. The van der Waals surface area contributed by atoms with E-state index in [1.54, 1.807) is 0 Å². The number of carbonyl (C=O) groups excluding carboxylic acids is 1. The molecule has 8 heteroatoms. The Bertz CT molecular complexity index is 685. The standard InChI is InChI=1S/C18H29N3O4S/c1-3-25-13-5-8-19-18(22)17-7-4-6-16(14-17)15-20-9-11-21(12-10-20)26(2,23)24/h4,6-7,14H,3,5,8-13,15H2,1-2H3,(H,19,22). The molecule has 2 rings (SSSR count). The van der Waals surface area contributed by atoms with Gasteiger partial charge in [0, 0.05) is 58.0 Å². The molecule has 0 bridgehead atoms. The first-order chi connectivity index (χ1) is 12.4. The summed E-state index contributed by atoms with van der Waals surface area (Å²) in [6, 6.07) is 7.59. The lowest BCUT2D eigenvalue weighted by molar-refractivity contribution is 0.0944. The number of piperazine rings is 1. The van der Waals surface area contributed by atoms with E-state index in [2.05, 4.69) is 10.2 Å². The molecule has 146 valence electrons. The van der Waals surface area contributed by atoms with Crippen LogP contribution in [0.15, 0.2) is 24.3 Å². The van der Waals surface area contributed by atoms with Gasteiger partial charge >= 0.3 is 0 Å². The van der Waals surface area contributed by atoms with Crippen LogP contribution in [0.1, 0.15) is 29.3 Å². The summed E-state index contributed by atoms with van der Waals surface area (Å²) in [6.07, 6.45) is 2.04. The number of hydrogen-bond donors (Lipinski definition) is 1. The highest BCUT2D eigenvalue weighted by molar-refractivity contribution is 7.88. The minimum Gasteiger partial charge on any atom is -0.382 e. The Morgan fingerprint density at radius 1 is 1.23 bits per heavy atom. The Balaban J connectivity index is 1.82. The minimum absolute atomic E-state index is 0.0785. The lowest BCUT2D eigenvalue weighted by Gasteiger charge is -2.33. The second kappa shape index (κ2) is 10.0. The van der Waals surface area contributed by atoms with Crippen molar-refractivity contribution >= 4 is 15.9 Å². The quantitative estimate of drug-likeness (QED) is 0.642. The molecule has 1 aliphatic heterocycles. The van der Waals surface area contributed by atoms with Gasteiger partial charge in [0.2, 0.25) is 10.0 Å². The molecule has 1 aromatic rings. The van der Waals surface area contributed by atoms with Crippen molar-refractivity contribution in [3.05, 3.63) is 35.4 Å². The Morgan fingerprint density at radius 2 is 1.96 bits per heavy atom. The van der Waals surface area contributed by atoms with E-state index in [1.807, 2.05) is 31.2 Å². The molecular formula is C18H29N3O4S. The lowest BCUT2D eigenvalue weighted by atomic mass is 10.1. The molecule has 0 radical (unpaired) electrons. The zero-order valence-corrected chi connectivity index (χ0v) is 16.4. The van der Waals surface area contributed by atoms with Crippen LogP contribution in [0.4, 0.5) is 0 Å². The van der Waals surface area contributed by atoms with E-state index in [1.165, 1.54) is 10.6 Å². The number of nitrogens with zero attached hydrogens (tertiary/aromatic N) is 2. The van der Waals surface area contributed by atoms with Crippen LogP contribution >= 0.6 is 0 Å². The second-order valence-electron chi connectivity index (χ2n) is 6.44. The number of ether oxygens (including phenoxy) is 1. The van der Waals surface area contributed by atoms with Gasteiger partial charge in [0.1, 0.15) is 0 Å². The van der Waals surface area contributed by atoms with Crippen LogP contribution in [0.25, 0.3) is 0 Å². The third-order valence-electron chi connectivity index (χ3n) is 4.35. The second-order valence-corrected chi connectivity index (χ2v) is 8.43. The molecule has 0 saturated carbocycles. The van der Waals surface area contributed by atoms with Crippen molar-refractivity contribution in [1.29, 1.82) is 0 Å². The van der Waals surface area contributed by atoms with Gasteiger partial charge < -0.3 is 10.1 Å². The van der Waals surface area contributed by atoms with Gasteiger partial charge in [-0.2, -0.15) is 4.31 Å². The van der Waals surface area contributed by atoms with Crippen molar-refractivity contribution in [2.24, 2.45) is 0 Å². The highest BCUT2D eigenvalue weighted by atomic mass is 32.2. The van der Waals surface area contributed by atoms with E-state index in [0.29, 0.717) is 58.0 Å². The van der Waals surface area contributed by atoms with Crippen molar-refractivity contribution in [2.75, 3.05) is 52.2 Å². The highest BCUT2D eigenvalue weighted by Gasteiger charge is 2.23. The average Bonchev–Trinajstić information content (AvgIpc) is 2.61. The van der Waals surface area contributed by atoms with Gasteiger partial charge in [-0.15, -0.1) is 0 Å². The summed E-state index contributed by atoms with van der Waals surface area (Å²) >= 11 is 0. The average molecular weight is 384 g/mol. The number of sulfonamides is 1. The molecule has 0 unspecified atom stereocenters.